The standard InChI is InChI=1S/C24H54O8S4Si2/c1-9-23(25-19-17-21-37(27-11-3,28-12-4)29-13-5)33-35-36-34-24(10-2)26-20-18-22-38(30-14-6,31-15-7)32-16-8/h23-24H,9-22H2,1-8H3. The summed E-state index contributed by atoms with van der Waals surface area (Å²) in [5, 5.41) is 0. The average molecular weight is 655 g/mol. The van der Waals surface area contributed by atoms with Crippen molar-refractivity contribution in [2.45, 2.75) is 104 Å². The van der Waals surface area contributed by atoms with E-state index in [1.807, 2.05) is 41.5 Å². The molecule has 0 aliphatic heterocycles. The van der Waals surface area contributed by atoms with Gasteiger partial charge in [0.1, 0.15) is 10.9 Å². The molecule has 0 bridgehead atoms. The Morgan fingerprint density at radius 3 is 1.00 bits per heavy atom. The third-order valence-corrected chi connectivity index (χ3v) is 18.3. The van der Waals surface area contributed by atoms with Crippen molar-refractivity contribution in [2.24, 2.45) is 0 Å². The molecule has 0 N–H and O–H groups in total. The van der Waals surface area contributed by atoms with Gasteiger partial charge in [-0.3, -0.25) is 0 Å². The van der Waals surface area contributed by atoms with E-state index >= 15 is 0 Å². The molecule has 38 heavy (non-hydrogen) atoms. The fourth-order valence-electron chi connectivity index (χ4n) is 3.56. The minimum Gasteiger partial charge on any atom is -0.374 e. The van der Waals surface area contributed by atoms with Crippen molar-refractivity contribution in [2.75, 3.05) is 52.9 Å². The first-order chi connectivity index (χ1) is 18.4. The highest BCUT2D eigenvalue weighted by molar-refractivity contribution is 9.26. The zero-order valence-electron chi connectivity index (χ0n) is 25.0. The first-order valence-electron chi connectivity index (χ1n) is 14.2. The molecule has 8 nitrogen and oxygen atoms in total. The van der Waals surface area contributed by atoms with Crippen LogP contribution in [0, 0.1) is 0 Å². The van der Waals surface area contributed by atoms with Crippen LogP contribution < -0.4 is 0 Å². The minimum atomic E-state index is -2.60. The molecule has 14 heteroatoms. The molecule has 0 saturated carbocycles. The van der Waals surface area contributed by atoms with Crippen molar-refractivity contribution in [3.63, 3.8) is 0 Å². The Bertz CT molecular complexity index is 454. The summed E-state index contributed by atoms with van der Waals surface area (Å²) in [6.45, 7) is 21.2. The van der Waals surface area contributed by atoms with E-state index in [0.717, 1.165) is 37.8 Å². The lowest BCUT2D eigenvalue weighted by atomic mass is 10.5. The Hall–Kier alpha value is 1.51. The van der Waals surface area contributed by atoms with E-state index in [-0.39, 0.29) is 10.9 Å². The van der Waals surface area contributed by atoms with E-state index in [2.05, 4.69) is 13.8 Å². The zero-order chi connectivity index (χ0) is 28.5. The summed E-state index contributed by atoms with van der Waals surface area (Å²) in [6, 6.07) is 1.56. The molecule has 0 aromatic carbocycles. The fraction of sp³-hybridized carbons (Fsp3) is 1.00. The van der Waals surface area contributed by atoms with E-state index in [9.17, 15) is 0 Å². The second-order valence-electron chi connectivity index (χ2n) is 7.92. The molecule has 2 atom stereocenters. The van der Waals surface area contributed by atoms with Crippen LogP contribution in [0.3, 0.4) is 0 Å². The largest absolute Gasteiger partial charge is 0.501 e. The molecule has 0 aromatic rings. The predicted molar refractivity (Wildman–Crippen MR) is 171 cm³/mol. The lowest BCUT2D eigenvalue weighted by Crippen LogP contribution is -2.46. The quantitative estimate of drug-likeness (QED) is 0.0339. The van der Waals surface area contributed by atoms with Crippen molar-refractivity contribution in [3.05, 3.63) is 0 Å². The Morgan fingerprint density at radius 2 is 0.763 bits per heavy atom. The van der Waals surface area contributed by atoms with Gasteiger partial charge in [0.05, 0.1) is 0 Å². The van der Waals surface area contributed by atoms with Gasteiger partial charge < -0.3 is 36.0 Å². The van der Waals surface area contributed by atoms with Gasteiger partial charge in [0.2, 0.25) is 0 Å². The van der Waals surface area contributed by atoms with Gasteiger partial charge in [-0.15, -0.1) is 0 Å². The SMILES string of the molecule is CCO[Si](CCCOC(CC)SSSSC(CC)OCCC[Si](OCC)(OCC)OCC)(OCC)OCC. The van der Waals surface area contributed by atoms with Crippen molar-refractivity contribution < 1.29 is 36.0 Å². The van der Waals surface area contributed by atoms with Crippen molar-refractivity contribution >= 4 is 58.8 Å². The average Bonchev–Trinajstić information content (AvgIpc) is 2.90. The fourth-order valence-corrected chi connectivity index (χ4v) is 15.3. The van der Waals surface area contributed by atoms with E-state index in [1.165, 1.54) is 0 Å². The maximum Gasteiger partial charge on any atom is 0.501 e. The van der Waals surface area contributed by atoms with Crippen molar-refractivity contribution in [1.29, 1.82) is 0 Å². The summed E-state index contributed by atoms with van der Waals surface area (Å²) in [5.41, 5.74) is 0.287. The van der Waals surface area contributed by atoms with E-state index in [0.29, 0.717) is 52.9 Å². The topological polar surface area (TPSA) is 73.8 Å². The second kappa shape index (κ2) is 26.2. The smallest absolute Gasteiger partial charge is 0.374 e. The summed E-state index contributed by atoms with van der Waals surface area (Å²) in [6.07, 6.45) is 3.63. The van der Waals surface area contributed by atoms with Crippen LogP contribution in [0.15, 0.2) is 0 Å². The molecule has 0 fully saturated rings. The van der Waals surface area contributed by atoms with E-state index < -0.39 is 17.6 Å². The number of ether oxygens (including phenoxy) is 2. The Labute approximate surface area is 250 Å². The summed E-state index contributed by atoms with van der Waals surface area (Å²) < 4.78 is 47.9. The first-order valence-corrected chi connectivity index (χ1v) is 23.0. The molecule has 0 aliphatic rings. The predicted octanol–water partition coefficient (Wildman–Crippen LogP) is 8.05. The molecule has 0 aliphatic carbocycles. The molecule has 230 valence electrons. The summed E-state index contributed by atoms with van der Waals surface area (Å²) in [7, 11) is 1.85. The van der Waals surface area contributed by atoms with Crippen LogP contribution >= 0.6 is 41.2 Å². The second-order valence-corrected chi connectivity index (χ2v) is 19.5. The van der Waals surface area contributed by atoms with Crippen LogP contribution in [-0.4, -0.2) is 81.3 Å². The van der Waals surface area contributed by atoms with Gasteiger partial charge in [-0.2, -0.15) is 0 Å². The van der Waals surface area contributed by atoms with Crippen LogP contribution in [-0.2, 0) is 36.0 Å². The molecule has 0 aromatic heterocycles. The Kier molecular flexibility index (Phi) is 27.2. The van der Waals surface area contributed by atoms with Crippen LogP contribution in [0.5, 0.6) is 0 Å². The zero-order valence-corrected chi connectivity index (χ0v) is 30.2. The number of rotatable bonds is 29. The van der Waals surface area contributed by atoms with E-state index in [1.54, 1.807) is 41.2 Å². The van der Waals surface area contributed by atoms with Crippen LogP contribution in [0.1, 0.15) is 81.1 Å². The van der Waals surface area contributed by atoms with Gasteiger partial charge in [-0.25, -0.2) is 0 Å². The minimum absolute atomic E-state index is 0.144. The van der Waals surface area contributed by atoms with Gasteiger partial charge in [-0.05, 0) is 108 Å². The molecule has 0 rings (SSSR count). The number of hydrogen-bond donors (Lipinski definition) is 0. The molecule has 0 radical (unpaired) electrons. The summed E-state index contributed by atoms with van der Waals surface area (Å²) in [5.74, 6) is 0. The van der Waals surface area contributed by atoms with Crippen LogP contribution in [0.25, 0.3) is 0 Å². The van der Waals surface area contributed by atoms with Crippen molar-refractivity contribution in [1.82, 2.24) is 0 Å². The maximum absolute atomic E-state index is 6.14. The number of hydrogen-bond acceptors (Lipinski definition) is 12. The highest BCUT2D eigenvalue weighted by Crippen LogP contribution is 2.48. The molecular weight excluding hydrogens is 601 g/mol. The summed E-state index contributed by atoms with van der Waals surface area (Å²) in [4.78, 5) is 0. The third kappa shape index (κ3) is 18.1. The van der Waals surface area contributed by atoms with Gasteiger partial charge >= 0.3 is 17.6 Å². The highest BCUT2D eigenvalue weighted by atomic mass is 33.7. The molecule has 0 heterocycles. The highest BCUT2D eigenvalue weighted by Gasteiger charge is 2.40. The third-order valence-electron chi connectivity index (χ3n) is 5.04. The van der Waals surface area contributed by atoms with Gasteiger partial charge in [-0.1, -0.05) is 13.8 Å². The van der Waals surface area contributed by atoms with Gasteiger partial charge in [0, 0.05) is 64.9 Å². The van der Waals surface area contributed by atoms with Gasteiger partial charge in [0.25, 0.3) is 0 Å². The maximum atomic E-state index is 6.14. The monoisotopic (exact) mass is 654 g/mol. The Balaban J connectivity index is 4.31. The van der Waals surface area contributed by atoms with E-state index in [4.69, 9.17) is 36.0 Å². The lowest BCUT2D eigenvalue weighted by molar-refractivity contribution is 0.0633. The van der Waals surface area contributed by atoms with Gasteiger partial charge in [0.15, 0.2) is 0 Å². The summed E-state index contributed by atoms with van der Waals surface area (Å²) >= 11 is 0. The molecule has 0 saturated heterocycles. The van der Waals surface area contributed by atoms with Crippen LogP contribution in [0.2, 0.25) is 12.1 Å². The molecule has 0 spiro atoms. The first kappa shape index (κ1) is 39.5. The van der Waals surface area contributed by atoms with Crippen molar-refractivity contribution in [3.8, 4) is 0 Å². The lowest BCUT2D eigenvalue weighted by Gasteiger charge is -2.28. The molecule has 2 unspecified atom stereocenters. The normalized spacial score (nSPS) is 14.2. The molecular formula is C24H54O8S4Si2. The molecule has 0 amide bonds. The van der Waals surface area contributed by atoms with Crippen LogP contribution in [0.4, 0.5) is 0 Å². The Morgan fingerprint density at radius 1 is 0.474 bits per heavy atom.